The van der Waals surface area contributed by atoms with Crippen LogP contribution in [0.1, 0.15) is 27.0 Å². The molecule has 0 atom stereocenters. The van der Waals surface area contributed by atoms with Crippen LogP contribution in [0.15, 0.2) is 42.6 Å². The van der Waals surface area contributed by atoms with E-state index >= 15 is 0 Å². The third kappa shape index (κ3) is 2.59. The fourth-order valence-electron chi connectivity index (χ4n) is 2.52. The van der Waals surface area contributed by atoms with Crippen molar-refractivity contribution < 1.29 is 9.18 Å². The number of aromatic nitrogens is 1. The van der Waals surface area contributed by atoms with E-state index in [9.17, 15) is 9.18 Å². The number of ketones is 1. The molecule has 106 valence electrons. The number of hydrogen-bond donors (Lipinski definition) is 1. The zero-order chi connectivity index (χ0) is 15.0. The van der Waals surface area contributed by atoms with Gasteiger partial charge in [-0.3, -0.25) is 4.79 Å². The van der Waals surface area contributed by atoms with Gasteiger partial charge in [-0.25, -0.2) is 4.39 Å². The van der Waals surface area contributed by atoms with E-state index in [0.717, 1.165) is 11.1 Å². The van der Waals surface area contributed by atoms with Gasteiger partial charge < -0.3 is 4.98 Å². The smallest absolute Gasteiger partial charge is 0.169 e. The summed E-state index contributed by atoms with van der Waals surface area (Å²) < 4.78 is 13.4. The number of hydrogen-bond acceptors (Lipinski definition) is 1. The van der Waals surface area contributed by atoms with Gasteiger partial charge in [0.05, 0.1) is 0 Å². The van der Waals surface area contributed by atoms with Gasteiger partial charge in [-0.05, 0) is 48.7 Å². The molecular weight excluding hydrogens is 265 g/mol. The molecule has 0 aliphatic heterocycles. The van der Waals surface area contributed by atoms with Gasteiger partial charge in [0.15, 0.2) is 5.78 Å². The summed E-state index contributed by atoms with van der Waals surface area (Å²) in [6.07, 6.45) is 1.98. The molecule has 0 aliphatic rings. The topological polar surface area (TPSA) is 32.9 Å². The zero-order valence-corrected chi connectivity index (χ0v) is 12.0. The standard InChI is InChI=1S/C18H16FNO/c1-11-3-4-13(7-12(11)2)8-18(21)16-10-20-17-6-5-14(19)9-15(16)17/h3-7,9-10,20H,8H2,1-2H3. The highest BCUT2D eigenvalue weighted by molar-refractivity contribution is 6.08. The van der Waals surface area contributed by atoms with Crippen LogP contribution in [0, 0.1) is 19.7 Å². The highest BCUT2D eigenvalue weighted by atomic mass is 19.1. The molecule has 2 nitrogen and oxygen atoms in total. The summed E-state index contributed by atoms with van der Waals surface area (Å²) >= 11 is 0. The minimum Gasteiger partial charge on any atom is -0.360 e. The summed E-state index contributed by atoms with van der Waals surface area (Å²) in [6, 6.07) is 10.5. The molecule has 2 aromatic carbocycles. The van der Waals surface area contributed by atoms with Crippen molar-refractivity contribution in [1.82, 2.24) is 4.98 Å². The molecule has 0 radical (unpaired) electrons. The summed E-state index contributed by atoms with van der Waals surface area (Å²) in [4.78, 5) is 15.5. The maximum absolute atomic E-state index is 13.4. The first-order chi connectivity index (χ1) is 10.0. The van der Waals surface area contributed by atoms with Crippen LogP contribution in [0.4, 0.5) is 4.39 Å². The van der Waals surface area contributed by atoms with Gasteiger partial charge >= 0.3 is 0 Å². The molecule has 1 aromatic heterocycles. The molecular formula is C18H16FNO. The summed E-state index contributed by atoms with van der Waals surface area (Å²) in [5.41, 5.74) is 4.68. The normalized spacial score (nSPS) is 11.0. The number of nitrogens with one attached hydrogen (secondary N) is 1. The van der Waals surface area contributed by atoms with Crippen LogP contribution >= 0.6 is 0 Å². The first kappa shape index (κ1) is 13.6. The average Bonchev–Trinajstić information content (AvgIpc) is 2.86. The van der Waals surface area contributed by atoms with Crippen molar-refractivity contribution in [3.63, 3.8) is 0 Å². The summed E-state index contributed by atoms with van der Waals surface area (Å²) in [7, 11) is 0. The monoisotopic (exact) mass is 281 g/mol. The van der Waals surface area contributed by atoms with E-state index in [4.69, 9.17) is 0 Å². The van der Waals surface area contributed by atoms with E-state index in [1.165, 1.54) is 23.3 Å². The first-order valence-electron chi connectivity index (χ1n) is 6.90. The molecule has 0 aliphatic carbocycles. The predicted octanol–water partition coefficient (Wildman–Crippen LogP) is 4.35. The van der Waals surface area contributed by atoms with Crippen molar-refractivity contribution in [2.24, 2.45) is 0 Å². The fraction of sp³-hybridized carbons (Fsp3) is 0.167. The molecule has 3 rings (SSSR count). The van der Waals surface area contributed by atoms with Gasteiger partial charge in [0.25, 0.3) is 0 Å². The van der Waals surface area contributed by atoms with Crippen LogP contribution < -0.4 is 0 Å². The maximum atomic E-state index is 13.4. The molecule has 0 amide bonds. The molecule has 0 bridgehead atoms. The number of carbonyl (C=O) groups is 1. The Balaban J connectivity index is 1.93. The van der Waals surface area contributed by atoms with Crippen molar-refractivity contribution in [2.75, 3.05) is 0 Å². The minimum atomic E-state index is -0.331. The molecule has 0 unspecified atom stereocenters. The van der Waals surface area contributed by atoms with E-state index < -0.39 is 0 Å². The SMILES string of the molecule is Cc1ccc(CC(=O)c2c[nH]c3ccc(F)cc23)cc1C. The van der Waals surface area contributed by atoms with Crippen molar-refractivity contribution in [1.29, 1.82) is 0 Å². The van der Waals surface area contributed by atoms with Crippen LogP contribution in [0.25, 0.3) is 10.9 Å². The number of carbonyl (C=O) groups excluding carboxylic acids is 1. The third-order valence-electron chi connectivity index (χ3n) is 3.88. The Morgan fingerprint density at radius 3 is 2.67 bits per heavy atom. The summed E-state index contributed by atoms with van der Waals surface area (Å²) in [5.74, 6) is -0.336. The Bertz CT molecular complexity index is 832. The quantitative estimate of drug-likeness (QED) is 0.711. The molecule has 0 spiro atoms. The Morgan fingerprint density at radius 1 is 1.10 bits per heavy atom. The van der Waals surface area contributed by atoms with Gasteiger partial charge in [-0.15, -0.1) is 0 Å². The van der Waals surface area contributed by atoms with Crippen molar-refractivity contribution in [2.45, 2.75) is 20.3 Å². The second kappa shape index (κ2) is 5.17. The van der Waals surface area contributed by atoms with E-state index in [0.29, 0.717) is 17.4 Å². The minimum absolute atomic E-state index is 0.00453. The van der Waals surface area contributed by atoms with Gasteiger partial charge in [-0.2, -0.15) is 0 Å². The second-order valence-corrected chi connectivity index (χ2v) is 5.41. The highest BCUT2D eigenvalue weighted by Gasteiger charge is 2.13. The lowest BCUT2D eigenvalue weighted by Crippen LogP contribution is -2.03. The number of aromatic amines is 1. The van der Waals surface area contributed by atoms with Gasteiger partial charge in [0.1, 0.15) is 5.82 Å². The second-order valence-electron chi connectivity index (χ2n) is 5.41. The van der Waals surface area contributed by atoms with E-state index in [1.807, 2.05) is 32.0 Å². The number of benzene rings is 2. The highest BCUT2D eigenvalue weighted by Crippen LogP contribution is 2.21. The molecule has 21 heavy (non-hydrogen) atoms. The number of Topliss-reactive ketones (excluding diaryl/α,β-unsaturated/α-hetero) is 1. The lowest BCUT2D eigenvalue weighted by molar-refractivity contribution is 0.0994. The molecule has 0 fully saturated rings. The molecule has 0 saturated carbocycles. The van der Waals surface area contributed by atoms with Crippen molar-refractivity contribution >= 4 is 16.7 Å². The average molecular weight is 281 g/mol. The van der Waals surface area contributed by atoms with Crippen LogP contribution in [0.3, 0.4) is 0 Å². The Kier molecular flexibility index (Phi) is 3.34. The summed E-state index contributed by atoms with van der Waals surface area (Å²) in [6.45, 7) is 4.08. The van der Waals surface area contributed by atoms with Gasteiger partial charge in [-0.1, -0.05) is 18.2 Å². The first-order valence-corrected chi connectivity index (χ1v) is 6.90. The molecule has 0 saturated heterocycles. The Morgan fingerprint density at radius 2 is 1.90 bits per heavy atom. The van der Waals surface area contributed by atoms with Crippen molar-refractivity contribution in [3.05, 3.63) is 70.7 Å². The third-order valence-corrected chi connectivity index (χ3v) is 3.88. The van der Waals surface area contributed by atoms with Gasteiger partial charge in [0.2, 0.25) is 0 Å². The van der Waals surface area contributed by atoms with E-state index in [-0.39, 0.29) is 11.6 Å². The maximum Gasteiger partial charge on any atom is 0.169 e. The number of fused-ring (bicyclic) bond motifs is 1. The van der Waals surface area contributed by atoms with Crippen LogP contribution in [-0.2, 0) is 6.42 Å². The molecule has 1 N–H and O–H groups in total. The van der Waals surface area contributed by atoms with Crippen LogP contribution in [0.2, 0.25) is 0 Å². The lowest BCUT2D eigenvalue weighted by Gasteiger charge is -2.04. The molecule has 3 aromatic rings. The van der Waals surface area contributed by atoms with Crippen LogP contribution in [-0.4, -0.2) is 10.8 Å². The van der Waals surface area contributed by atoms with Crippen molar-refractivity contribution in [3.8, 4) is 0 Å². The van der Waals surface area contributed by atoms with E-state index in [2.05, 4.69) is 4.98 Å². The van der Waals surface area contributed by atoms with Gasteiger partial charge in [0, 0.05) is 29.1 Å². The lowest BCUT2D eigenvalue weighted by atomic mass is 9.99. The zero-order valence-electron chi connectivity index (χ0n) is 12.0. The fourth-order valence-corrected chi connectivity index (χ4v) is 2.52. The predicted molar refractivity (Wildman–Crippen MR) is 82.2 cm³/mol. The Hall–Kier alpha value is -2.42. The number of halogens is 1. The molecule has 1 heterocycles. The largest absolute Gasteiger partial charge is 0.360 e. The molecule has 3 heteroatoms. The Labute approximate surface area is 122 Å². The number of H-pyrrole nitrogens is 1. The number of aryl methyl sites for hydroxylation is 2. The van der Waals surface area contributed by atoms with E-state index in [1.54, 1.807) is 12.3 Å². The summed E-state index contributed by atoms with van der Waals surface area (Å²) in [5, 5.41) is 0.642. The number of rotatable bonds is 3. The van der Waals surface area contributed by atoms with Crippen LogP contribution in [0.5, 0.6) is 0 Å².